The van der Waals surface area contributed by atoms with E-state index in [0.717, 1.165) is 38.6 Å². The summed E-state index contributed by atoms with van der Waals surface area (Å²) in [6.07, 6.45) is 6.40. The molecular formula is C15H31NO2S. The summed E-state index contributed by atoms with van der Waals surface area (Å²) in [5.74, 6) is 0.489. The summed E-state index contributed by atoms with van der Waals surface area (Å²) < 4.78 is 23.6. The second-order valence-corrected chi connectivity index (χ2v) is 9.08. The van der Waals surface area contributed by atoms with Crippen molar-refractivity contribution in [2.24, 2.45) is 11.3 Å². The van der Waals surface area contributed by atoms with Crippen molar-refractivity contribution in [1.29, 1.82) is 0 Å². The summed E-state index contributed by atoms with van der Waals surface area (Å²) >= 11 is 0. The Hall–Kier alpha value is -0.0900. The summed E-state index contributed by atoms with van der Waals surface area (Å²) in [5.41, 5.74) is 0.222. The maximum atomic E-state index is 11.8. The molecule has 0 aromatic rings. The molecule has 0 bridgehead atoms. The molecule has 0 aromatic carbocycles. The van der Waals surface area contributed by atoms with E-state index in [1.165, 1.54) is 6.26 Å². The van der Waals surface area contributed by atoms with Crippen molar-refractivity contribution in [3.63, 3.8) is 0 Å². The molecule has 1 fully saturated rings. The van der Waals surface area contributed by atoms with Gasteiger partial charge in [-0.3, -0.25) is 0 Å². The first-order valence-electron chi connectivity index (χ1n) is 7.64. The maximum absolute atomic E-state index is 11.8. The topological polar surface area (TPSA) is 46.2 Å². The molecule has 1 aliphatic rings. The van der Waals surface area contributed by atoms with Gasteiger partial charge in [-0.15, -0.1) is 0 Å². The highest BCUT2D eigenvalue weighted by Crippen LogP contribution is 2.38. The zero-order chi connectivity index (χ0) is 14.7. The zero-order valence-corrected chi connectivity index (χ0v) is 14.0. The van der Waals surface area contributed by atoms with Crippen molar-refractivity contribution in [2.45, 2.75) is 71.1 Å². The number of hydrogen-bond acceptors (Lipinski definition) is 3. The third-order valence-electron chi connectivity index (χ3n) is 4.92. The van der Waals surface area contributed by atoms with Gasteiger partial charge in [0.25, 0.3) is 0 Å². The summed E-state index contributed by atoms with van der Waals surface area (Å²) in [6, 6.07) is 0.423. The highest BCUT2D eigenvalue weighted by molar-refractivity contribution is 7.91. The van der Waals surface area contributed by atoms with Gasteiger partial charge < -0.3 is 5.32 Å². The molecule has 0 heterocycles. The number of hydrogen-bond donors (Lipinski definition) is 1. The van der Waals surface area contributed by atoms with E-state index in [4.69, 9.17) is 0 Å². The van der Waals surface area contributed by atoms with Crippen LogP contribution in [0.2, 0.25) is 0 Å². The Morgan fingerprint density at radius 3 is 2.37 bits per heavy atom. The minimum Gasteiger partial charge on any atom is -0.313 e. The lowest BCUT2D eigenvalue weighted by molar-refractivity contribution is 0.140. The summed E-state index contributed by atoms with van der Waals surface area (Å²) in [5, 5.41) is 3.50. The van der Waals surface area contributed by atoms with Gasteiger partial charge in [0.15, 0.2) is 0 Å². The summed E-state index contributed by atoms with van der Waals surface area (Å²) in [6.45, 7) is 9.90. The average molecular weight is 289 g/mol. The van der Waals surface area contributed by atoms with Gasteiger partial charge in [-0.25, -0.2) is 8.42 Å². The lowest BCUT2D eigenvalue weighted by Gasteiger charge is -2.42. The van der Waals surface area contributed by atoms with Crippen molar-refractivity contribution in [1.82, 2.24) is 5.32 Å². The molecule has 0 saturated heterocycles. The van der Waals surface area contributed by atoms with Gasteiger partial charge in [0.2, 0.25) is 0 Å². The normalized spacial score (nSPS) is 27.2. The molecule has 3 unspecified atom stereocenters. The molecule has 0 aromatic heterocycles. The van der Waals surface area contributed by atoms with Gasteiger partial charge in [-0.1, -0.05) is 34.1 Å². The van der Waals surface area contributed by atoms with Gasteiger partial charge >= 0.3 is 0 Å². The van der Waals surface area contributed by atoms with Gasteiger partial charge in [-0.2, -0.15) is 0 Å². The lowest BCUT2D eigenvalue weighted by Crippen LogP contribution is -2.49. The highest BCUT2D eigenvalue weighted by Gasteiger charge is 2.38. The average Bonchev–Trinajstić information content (AvgIpc) is 2.35. The van der Waals surface area contributed by atoms with E-state index >= 15 is 0 Å². The standard InChI is InChI=1S/C15H31NO2S/c1-6-15(3,4)14(16-7-2)12-9-8-10-13(11-12)19(5,17)18/h12-14,16H,6-11H2,1-5H3. The van der Waals surface area contributed by atoms with Gasteiger partial charge in [0.1, 0.15) is 9.84 Å². The first kappa shape index (κ1) is 17.0. The molecule has 1 rings (SSSR count). The van der Waals surface area contributed by atoms with Crippen LogP contribution in [0.15, 0.2) is 0 Å². The molecule has 0 radical (unpaired) electrons. The molecule has 4 heteroatoms. The molecule has 1 aliphatic carbocycles. The predicted octanol–water partition coefficient (Wildman–Crippen LogP) is 3.00. The van der Waals surface area contributed by atoms with Crippen LogP contribution in [-0.4, -0.2) is 32.5 Å². The van der Waals surface area contributed by atoms with Crippen LogP contribution in [0.1, 0.15) is 59.8 Å². The Labute approximate surface area is 119 Å². The first-order valence-corrected chi connectivity index (χ1v) is 9.60. The van der Waals surface area contributed by atoms with E-state index in [1.54, 1.807) is 0 Å². The van der Waals surface area contributed by atoms with Crippen molar-refractivity contribution in [2.75, 3.05) is 12.8 Å². The summed E-state index contributed by atoms with van der Waals surface area (Å²) in [7, 11) is -2.89. The zero-order valence-electron chi connectivity index (χ0n) is 13.2. The SMILES string of the molecule is CCNC(C1CCCC(S(C)(=O)=O)C1)C(C)(C)CC. The molecule has 0 amide bonds. The van der Waals surface area contributed by atoms with Crippen LogP contribution in [0.25, 0.3) is 0 Å². The monoisotopic (exact) mass is 289 g/mol. The Morgan fingerprint density at radius 1 is 1.26 bits per heavy atom. The second-order valence-electron chi connectivity index (χ2n) is 6.76. The smallest absolute Gasteiger partial charge is 0.150 e. The van der Waals surface area contributed by atoms with Crippen LogP contribution in [0.4, 0.5) is 0 Å². The van der Waals surface area contributed by atoms with Crippen LogP contribution >= 0.6 is 0 Å². The minimum atomic E-state index is -2.89. The van der Waals surface area contributed by atoms with Crippen LogP contribution in [0.5, 0.6) is 0 Å². The fourth-order valence-electron chi connectivity index (χ4n) is 3.39. The Kier molecular flexibility index (Phi) is 5.87. The fraction of sp³-hybridized carbons (Fsp3) is 1.00. The molecule has 1 saturated carbocycles. The van der Waals surface area contributed by atoms with Gasteiger partial charge in [-0.05, 0) is 43.6 Å². The Bertz CT molecular complexity index is 376. The highest BCUT2D eigenvalue weighted by atomic mass is 32.2. The fourth-order valence-corrected chi connectivity index (χ4v) is 4.59. The molecule has 1 N–H and O–H groups in total. The van der Waals surface area contributed by atoms with Crippen LogP contribution < -0.4 is 5.32 Å². The third kappa shape index (κ3) is 4.45. The minimum absolute atomic E-state index is 0.125. The van der Waals surface area contributed by atoms with Crippen molar-refractivity contribution < 1.29 is 8.42 Å². The molecule has 114 valence electrons. The van der Waals surface area contributed by atoms with Crippen molar-refractivity contribution >= 4 is 9.84 Å². The summed E-state index contributed by atoms with van der Waals surface area (Å²) in [4.78, 5) is 0. The maximum Gasteiger partial charge on any atom is 0.150 e. The molecule has 19 heavy (non-hydrogen) atoms. The van der Waals surface area contributed by atoms with Gasteiger partial charge in [0.05, 0.1) is 5.25 Å². The number of rotatable bonds is 6. The Balaban J connectivity index is 2.85. The van der Waals surface area contributed by atoms with E-state index in [1.807, 2.05) is 0 Å². The second kappa shape index (κ2) is 6.57. The van der Waals surface area contributed by atoms with Crippen LogP contribution in [0, 0.1) is 11.3 Å². The van der Waals surface area contributed by atoms with E-state index < -0.39 is 9.84 Å². The molecule has 3 atom stereocenters. The molecular weight excluding hydrogens is 258 g/mol. The lowest BCUT2D eigenvalue weighted by atomic mass is 9.70. The van der Waals surface area contributed by atoms with Crippen molar-refractivity contribution in [3.05, 3.63) is 0 Å². The van der Waals surface area contributed by atoms with E-state index in [-0.39, 0.29) is 10.7 Å². The molecule has 0 aliphatic heterocycles. The van der Waals surface area contributed by atoms with Gasteiger partial charge in [0, 0.05) is 12.3 Å². The predicted molar refractivity (Wildman–Crippen MR) is 82.1 cm³/mol. The largest absolute Gasteiger partial charge is 0.313 e. The molecule has 0 spiro atoms. The van der Waals surface area contributed by atoms with Crippen LogP contribution in [-0.2, 0) is 9.84 Å². The number of sulfone groups is 1. The van der Waals surface area contributed by atoms with E-state index in [2.05, 4.69) is 33.0 Å². The molecule has 3 nitrogen and oxygen atoms in total. The van der Waals surface area contributed by atoms with Crippen molar-refractivity contribution in [3.8, 4) is 0 Å². The quantitative estimate of drug-likeness (QED) is 0.817. The van der Waals surface area contributed by atoms with E-state index in [0.29, 0.717) is 12.0 Å². The third-order valence-corrected chi connectivity index (χ3v) is 6.56. The van der Waals surface area contributed by atoms with Crippen LogP contribution in [0.3, 0.4) is 0 Å². The number of nitrogens with one attached hydrogen (secondary N) is 1. The van der Waals surface area contributed by atoms with E-state index in [9.17, 15) is 8.42 Å². The Morgan fingerprint density at radius 2 is 1.89 bits per heavy atom. The first-order chi connectivity index (χ1) is 8.72.